The third-order valence-electron chi connectivity index (χ3n) is 5.89. The van der Waals surface area contributed by atoms with Crippen LogP contribution in [0.4, 0.5) is 24.5 Å². The zero-order valence-electron chi connectivity index (χ0n) is 19.7. The number of ketones is 2. The number of hydrogen-bond donors (Lipinski definition) is 1. The molecule has 12 heteroatoms. The molecular weight excluding hydrogens is 491 g/mol. The van der Waals surface area contributed by atoms with E-state index in [1.807, 2.05) is 0 Å². The lowest BCUT2D eigenvalue weighted by atomic mass is 9.82. The third-order valence-corrected chi connectivity index (χ3v) is 5.89. The number of halogens is 3. The van der Waals surface area contributed by atoms with Gasteiger partial charge in [-0.15, -0.1) is 4.91 Å². The van der Waals surface area contributed by atoms with E-state index in [0.29, 0.717) is 5.56 Å². The molecule has 2 aromatic carbocycles. The van der Waals surface area contributed by atoms with E-state index in [-0.39, 0.29) is 60.1 Å². The highest BCUT2D eigenvalue weighted by Gasteiger charge is 2.34. The number of carbonyl (C=O) groups excluding carboxylic acids is 3. The molecule has 0 saturated heterocycles. The number of alkyl halides is 3. The number of benzene rings is 2. The van der Waals surface area contributed by atoms with Crippen molar-refractivity contribution in [3.63, 3.8) is 0 Å². The molecule has 192 valence electrons. The summed E-state index contributed by atoms with van der Waals surface area (Å²) < 4.78 is 41.1. The number of nitroso groups, excluding NO2 is 1. The van der Waals surface area contributed by atoms with Gasteiger partial charge < -0.3 is 10.2 Å². The molecule has 0 atom stereocenters. The standard InChI is InChI=1S/C25H22F3N5O4/c1-32-13-29-33(14-32)23(6-15-3-2-4-19(5-15)31-37)24(36)30-20-8-16(7-18(11-20)25(26,27)28)17-9-21(34)12-22(35)10-17/h2-8,11,13,17H,9-10,12,14H2,1H3,(H,30,36)/b23-6-. The van der Waals surface area contributed by atoms with Crippen LogP contribution in [-0.2, 0) is 20.6 Å². The van der Waals surface area contributed by atoms with Gasteiger partial charge in [-0.1, -0.05) is 12.1 Å². The molecular formula is C25H22F3N5O4. The molecule has 1 saturated carbocycles. The summed E-state index contributed by atoms with van der Waals surface area (Å²) in [6.45, 7) is 0.199. The summed E-state index contributed by atoms with van der Waals surface area (Å²) in [4.78, 5) is 49.8. The van der Waals surface area contributed by atoms with Crippen LogP contribution in [0.2, 0.25) is 0 Å². The molecule has 0 unspecified atom stereocenters. The molecule has 0 spiro atoms. The van der Waals surface area contributed by atoms with Crippen molar-refractivity contribution in [2.24, 2.45) is 10.3 Å². The van der Waals surface area contributed by atoms with E-state index in [1.54, 1.807) is 24.1 Å². The van der Waals surface area contributed by atoms with Crippen molar-refractivity contribution in [3.8, 4) is 0 Å². The van der Waals surface area contributed by atoms with E-state index < -0.39 is 23.6 Å². The minimum atomic E-state index is -4.72. The highest BCUT2D eigenvalue weighted by molar-refractivity contribution is 6.06. The number of hydrazone groups is 1. The van der Waals surface area contributed by atoms with E-state index in [4.69, 9.17) is 0 Å². The summed E-state index contributed by atoms with van der Waals surface area (Å²) in [6, 6.07) is 9.17. The highest BCUT2D eigenvalue weighted by Crippen LogP contribution is 2.37. The molecule has 4 rings (SSSR count). The summed E-state index contributed by atoms with van der Waals surface area (Å²) >= 11 is 0. The minimum Gasteiger partial charge on any atom is -0.345 e. The van der Waals surface area contributed by atoms with Crippen LogP contribution in [0.1, 0.15) is 41.9 Å². The zero-order valence-corrected chi connectivity index (χ0v) is 19.7. The van der Waals surface area contributed by atoms with Crippen molar-refractivity contribution in [2.45, 2.75) is 31.4 Å². The van der Waals surface area contributed by atoms with Gasteiger partial charge in [0.25, 0.3) is 5.91 Å². The first-order valence-electron chi connectivity index (χ1n) is 11.3. The van der Waals surface area contributed by atoms with Gasteiger partial charge in [0.15, 0.2) is 0 Å². The Morgan fingerprint density at radius 1 is 1.14 bits per heavy atom. The van der Waals surface area contributed by atoms with Crippen molar-refractivity contribution in [1.82, 2.24) is 9.91 Å². The Balaban J connectivity index is 1.70. The van der Waals surface area contributed by atoms with E-state index in [1.165, 1.54) is 35.6 Å². The summed E-state index contributed by atoms with van der Waals surface area (Å²) in [5, 5.41) is 10.9. The molecule has 1 N–H and O–H groups in total. The summed E-state index contributed by atoms with van der Waals surface area (Å²) in [7, 11) is 1.72. The van der Waals surface area contributed by atoms with Crippen LogP contribution < -0.4 is 5.32 Å². The van der Waals surface area contributed by atoms with Crippen LogP contribution in [0.5, 0.6) is 0 Å². The van der Waals surface area contributed by atoms with E-state index in [9.17, 15) is 32.5 Å². The SMILES string of the molecule is CN1C=NN(/C(=C\c2cccc(N=O)c2)C(=O)Nc2cc(C3CC(=O)CC(=O)C3)cc(C(F)(F)F)c2)C1. The van der Waals surface area contributed by atoms with Crippen molar-refractivity contribution < 1.29 is 27.6 Å². The summed E-state index contributed by atoms with van der Waals surface area (Å²) in [5.74, 6) is -2.13. The fraction of sp³-hybridized carbons (Fsp3) is 0.280. The lowest BCUT2D eigenvalue weighted by Gasteiger charge is -2.23. The predicted octanol–water partition coefficient (Wildman–Crippen LogP) is 4.64. The monoisotopic (exact) mass is 513 g/mol. The number of hydrogen-bond acceptors (Lipinski definition) is 8. The van der Waals surface area contributed by atoms with Crippen LogP contribution in [0, 0.1) is 4.91 Å². The zero-order chi connectivity index (χ0) is 26.7. The molecule has 1 fully saturated rings. The van der Waals surface area contributed by atoms with Crippen LogP contribution in [0.15, 0.2) is 58.4 Å². The van der Waals surface area contributed by atoms with E-state index in [2.05, 4.69) is 15.6 Å². The second-order valence-electron chi connectivity index (χ2n) is 8.90. The second kappa shape index (κ2) is 10.3. The molecule has 0 bridgehead atoms. The van der Waals surface area contributed by atoms with Gasteiger partial charge in [0, 0.05) is 25.6 Å². The van der Waals surface area contributed by atoms with Gasteiger partial charge in [-0.25, -0.2) is 5.01 Å². The lowest BCUT2D eigenvalue weighted by Crippen LogP contribution is -2.29. The normalized spacial score (nSPS) is 16.9. The van der Waals surface area contributed by atoms with Crippen molar-refractivity contribution in [1.29, 1.82) is 0 Å². The third kappa shape index (κ3) is 6.26. The molecule has 1 amide bonds. The van der Waals surface area contributed by atoms with Crippen LogP contribution >= 0.6 is 0 Å². The number of amides is 1. The Hall–Kier alpha value is -4.35. The fourth-order valence-corrected chi connectivity index (χ4v) is 4.20. The van der Waals surface area contributed by atoms with Crippen molar-refractivity contribution in [3.05, 3.63) is 69.8 Å². The predicted molar refractivity (Wildman–Crippen MR) is 130 cm³/mol. The molecule has 1 aliphatic carbocycles. The molecule has 0 aromatic heterocycles. The first-order valence-corrected chi connectivity index (χ1v) is 11.3. The number of carbonyl (C=O) groups is 3. The number of anilines is 1. The number of rotatable bonds is 6. The van der Waals surface area contributed by atoms with Crippen LogP contribution in [0.25, 0.3) is 6.08 Å². The first-order chi connectivity index (χ1) is 17.5. The van der Waals surface area contributed by atoms with Gasteiger partial charge in [0.05, 0.1) is 12.0 Å². The molecule has 2 aliphatic rings. The van der Waals surface area contributed by atoms with Crippen molar-refractivity contribution >= 4 is 41.3 Å². The second-order valence-corrected chi connectivity index (χ2v) is 8.90. The van der Waals surface area contributed by atoms with E-state index in [0.717, 1.165) is 12.1 Å². The van der Waals surface area contributed by atoms with Gasteiger partial charge in [-0.05, 0) is 58.6 Å². The lowest BCUT2D eigenvalue weighted by molar-refractivity contribution is -0.137. The first kappa shape index (κ1) is 25.7. The van der Waals surface area contributed by atoms with Crippen LogP contribution in [0.3, 0.4) is 0 Å². The number of Topliss-reactive ketones (excluding diaryl/α,β-unsaturated/α-hetero) is 2. The fourth-order valence-electron chi connectivity index (χ4n) is 4.20. The minimum absolute atomic E-state index is 0.00522. The molecule has 2 aromatic rings. The molecule has 1 aliphatic heterocycles. The molecule has 9 nitrogen and oxygen atoms in total. The average Bonchev–Trinajstić information content (AvgIpc) is 3.27. The van der Waals surface area contributed by atoms with Gasteiger partial charge in [-0.3, -0.25) is 14.4 Å². The molecule has 1 heterocycles. The Kier molecular flexibility index (Phi) is 7.18. The maximum absolute atomic E-state index is 13.7. The molecule has 37 heavy (non-hydrogen) atoms. The van der Waals surface area contributed by atoms with Gasteiger partial charge in [0.2, 0.25) is 0 Å². The Labute approximate surface area is 209 Å². The smallest absolute Gasteiger partial charge is 0.345 e. The number of nitrogens with zero attached hydrogens (tertiary/aromatic N) is 4. The van der Waals surface area contributed by atoms with E-state index >= 15 is 0 Å². The largest absolute Gasteiger partial charge is 0.416 e. The maximum atomic E-state index is 13.7. The Morgan fingerprint density at radius 2 is 1.86 bits per heavy atom. The van der Waals surface area contributed by atoms with Gasteiger partial charge in [-0.2, -0.15) is 18.3 Å². The molecule has 0 radical (unpaired) electrons. The topological polar surface area (TPSA) is 112 Å². The summed E-state index contributed by atoms with van der Waals surface area (Å²) in [6.07, 6.45) is -2.14. The maximum Gasteiger partial charge on any atom is 0.416 e. The quantitative estimate of drug-likeness (QED) is 0.342. The Morgan fingerprint density at radius 3 is 2.49 bits per heavy atom. The van der Waals surface area contributed by atoms with Gasteiger partial charge in [0.1, 0.15) is 36.0 Å². The van der Waals surface area contributed by atoms with Crippen molar-refractivity contribution in [2.75, 3.05) is 19.0 Å². The van der Waals surface area contributed by atoms with Gasteiger partial charge >= 0.3 is 6.18 Å². The highest BCUT2D eigenvalue weighted by atomic mass is 19.4. The number of nitrogens with one attached hydrogen (secondary N) is 1. The average molecular weight is 513 g/mol. The van der Waals surface area contributed by atoms with Crippen LogP contribution in [-0.4, -0.2) is 47.4 Å². The Bertz CT molecular complexity index is 1310. The summed E-state index contributed by atoms with van der Waals surface area (Å²) in [5.41, 5.74) is -0.428.